The molecule has 0 aromatic heterocycles. The van der Waals surface area contributed by atoms with Gasteiger partial charge in [0.1, 0.15) is 12.1 Å². The zero-order valence-electron chi connectivity index (χ0n) is 14.8. The number of nitrogens with two attached hydrogens (primary N) is 1. The quantitative estimate of drug-likeness (QED) is 0.835. The van der Waals surface area contributed by atoms with Crippen LogP contribution in [-0.4, -0.2) is 44.0 Å². The number of carbonyl (C=O) groups is 1. The molecule has 0 amide bonds. The van der Waals surface area contributed by atoms with E-state index in [-0.39, 0.29) is 24.7 Å². The SMILES string of the molecule is CC(C)CO[C@H]1COC[C@H](N)C(=O)O[C@@H](C)[C@@H]1Cc1ccccc1. The molecule has 134 valence electrons. The summed E-state index contributed by atoms with van der Waals surface area (Å²) in [6, 6.07) is 9.43. The van der Waals surface area contributed by atoms with Gasteiger partial charge in [-0.15, -0.1) is 0 Å². The largest absolute Gasteiger partial charge is 0.461 e. The number of rotatable bonds is 5. The number of hydrogen-bond donors (Lipinski definition) is 1. The molecule has 24 heavy (non-hydrogen) atoms. The second-order valence-electron chi connectivity index (χ2n) is 6.91. The summed E-state index contributed by atoms with van der Waals surface area (Å²) in [6.45, 7) is 7.36. The van der Waals surface area contributed by atoms with Crippen molar-refractivity contribution in [3.05, 3.63) is 35.9 Å². The van der Waals surface area contributed by atoms with Crippen LogP contribution in [0.4, 0.5) is 0 Å². The normalized spacial score (nSPS) is 28.8. The maximum atomic E-state index is 12.0. The number of carbonyl (C=O) groups excluding carboxylic acids is 1. The van der Waals surface area contributed by atoms with Gasteiger partial charge in [-0.3, -0.25) is 4.79 Å². The van der Waals surface area contributed by atoms with Gasteiger partial charge in [-0.25, -0.2) is 0 Å². The molecule has 1 aromatic rings. The number of benzene rings is 1. The van der Waals surface area contributed by atoms with Gasteiger partial charge in [0, 0.05) is 12.5 Å². The fraction of sp³-hybridized carbons (Fsp3) is 0.632. The van der Waals surface area contributed by atoms with Gasteiger partial charge < -0.3 is 19.9 Å². The van der Waals surface area contributed by atoms with Crippen molar-refractivity contribution in [3.8, 4) is 0 Å². The molecule has 1 aliphatic rings. The monoisotopic (exact) mass is 335 g/mol. The molecule has 0 radical (unpaired) electrons. The Kier molecular flexibility index (Phi) is 7.21. The smallest absolute Gasteiger partial charge is 0.325 e. The Hall–Kier alpha value is -1.43. The van der Waals surface area contributed by atoms with Gasteiger partial charge in [0.15, 0.2) is 0 Å². The highest BCUT2D eigenvalue weighted by Gasteiger charge is 2.34. The molecule has 0 bridgehead atoms. The lowest BCUT2D eigenvalue weighted by atomic mass is 9.89. The summed E-state index contributed by atoms with van der Waals surface area (Å²) in [5.74, 6) is 0.0283. The Balaban J connectivity index is 2.18. The van der Waals surface area contributed by atoms with Crippen molar-refractivity contribution in [2.24, 2.45) is 17.6 Å². The predicted octanol–water partition coefficient (Wildman–Crippen LogP) is 2.18. The van der Waals surface area contributed by atoms with Gasteiger partial charge in [0.25, 0.3) is 0 Å². The van der Waals surface area contributed by atoms with E-state index >= 15 is 0 Å². The standard InChI is InChI=1S/C19H29NO4/c1-13(2)10-23-18-12-22-11-17(20)19(21)24-14(3)16(18)9-15-7-5-4-6-8-15/h4-8,13-14,16-18H,9-12,20H2,1-3H3/t14-,16-,17-,18-/m0/s1. The summed E-state index contributed by atoms with van der Waals surface area (Å²) < 4.78 is 17.3. The molecule has 1 fully saturated rings. The van der Waals surface area contributed by atoms with E-state index in [2.05, 4.69) is 26.0 Å². The minimum atomic E-state index is -0.742. The molecular weight excluding hydrogens is 306 g/mol. The van der Waals surface area contributed by atoms with Crippen LogP contribution >= 0.6 is 0 Å². The average Bonchev–Trinajstić information content (AvgIpc) is 2.60. The lowest BCUT2D eigenvalue weighted by Crippen LogP contribution is -2.40. The molecule has 2 N–H and O–H groups in total. The topological polar surface area (TPSA) is 70.8 Å². The van der Waals surface area contributed by atoms with Crippen LogP contribution in [0.25, 0.3) is 0 Å². The van der Waals surface area contributed by atoms with Crippen molar-refractivity contribution in [2.75, 3.05) is 19.8 Å². The van der Waals surface area contributed by atoms with Crippen LogP contribution in [0, 0.1) is 11.8 Å². The van der Waals surface area contributed by atoms with E-state index in [1.807, 2.05) is 25.1 Å². The predicted molar refractivity (Wildman–Crippen MR) is 92.6 cm³/mol. The minimum Gasteiger partial charge on any atom is -0.461 e. The second-order valence-corrected chi connectivity index (χ2v) is 6.91. The number of hydrogen-bond acceptors (Lipinski definition) is 5. The highest BCUT2D eigenvalue weighted by molar-refractivity contribution is 5.75. The number of esters is 1. The van der Waals surface area contributed by atoms with E-state index in [9.17, 15) is 4.79 Å². The zero-order valence-corrected chi connectivity index (χ0v) is 14.8. The van der Waals surface area contributed by atoms with Gasteiger partial charge in [-0.1, -0.05) is 44.2 Å². The average molecular weight is 335 g/mol. The number of cyclic esters (lactones) is 1. The van der Waals surface area contributed by atoms with Gasteiger partial charge >= 0.3 is 5.97 Å². The molecule has 0 spiro atoms. The highest BCUT2D eigenvalue weighted by atomic mass is 16.6. The van der Waals surface area contributed by atoms with Crippen molar-refractivity contribution >= 4 is 5.97 Å². The van der Waals surface area contributed by atoms with Crippen LogP contribution in [0.5, 0.6) is 0 Å². The lowest BCUT2D eigenvalue weighted by molar-refractivity contribution is -0.154. The van der Waals surface area contributed by atoms with E-state index in [0.717, 1.165) is 6.42 Å². The van der Waals surface area contributed by atoms with Crippen LogP contribution in [0.2, 0.25) is 0 Å². The summed E-state index contributed by atoms with van der Waals surface area (Å²) in [6.07, 6.45) is 0.333. The van der Waals surface area contributed by atoms with Crippen molar-refractivity contribution in [3.63, 3.8) is 0 Å². The molecular formula is C19H29NO4. The Morgan fingerprint density at radius 3 is 2.62 bits per heavy atom. The Labute approximate surface area is 144 Å². The van der Waals surface area contributed by atoms with Crippen molar-refractivity contribution in [1.29, 1.82) is 0 Å². The maximum absolute atomic E-state index is 12.0. The second kappa shape index (κ2) is 9.16. The third-order valence-electron chi connectivity index (χ3n) is 4.22. The van der Waals surface area contributed by atoms with Crippen LogP contribution in [0.15, 0.2) is 30.3 Å². The van der Waals surface area contributed by atoms with Gasteiger partial charge in [-0.2, -0.15) is 0 Å². The molecule has 0 unspecified atom stereocenters. The summed E-state index contributed by atoms with van der Waals surface area (Å²) in [5.41, 5.74) is 6.99. The van der Waals surface area contributed by atoms with Crippen molar-refractivity contribution < 1.29 is 19.0 Å². The van der Waals surface area contributed by atoms with E-state index in [4.69, 9.17) is 19.9 Å². The van der Waals surface area contributed by atoms with Crippen LogP contribution in [0.3, 0.4) is 0 Å². The minimum absolute atomic E-state index is 0.0143. The molecule has 5 nitrogen and oxygen atoms in total. The van der Waals surface area contributed by atoms with Crippen LogP contribution in [0.1, 0.15) is 26.3 Å². The molecule has 1 aromatic carbocycles. The fourth-order valence-corrected chi connectivity index (χ4v) is 2.83. The summed E-state index contributed by atoms with van der Waals surface area (Å²) in [7, 11) is 0. The molecule has 0 saturated carbocycles. The van der Waals surface area contributed by atoms with Gasteiger partial charge in [0.2, 0.25) is 0 Å². The van der Waals surface area contributed by atoms with E-state index in [1.54, 1.807) is 0 Å². The Morgan fingerprint density at radius 1 is 1.25 bits per heavy atom. The van der Waals surface area contributed by atoms with E-state index in [1.165, 1.54) is 5.56 Å². The highest BCUT2D eigenvalue weighted by Crippen LogP contribution is 2.24. The zero-order chi connectivity index (χ0) is 17.5. The molecule has 2 rings (SSSR count). The summed E-state index contributed by atoms with van der Waals surface area (Å²) >= 11 is 0. The van der Waals surface area contributed by atoms with Crippen molar-refractivity contribution in [1.82, 2.24) is 0 Å². The molecule has 4 atom stereocenters. The maximum Gasteiger partial charge on any atom is 0.325 e. The van der Waals surface area contributed by atoms with Gasteiger partial charge in [-0.05, 0) is 24.8 Å². The van der Waals surface area contributed by atoms with E-state index in [0.29, 0.717) is 19.1 Å². The first-order chi connectivity index (χ1) is 11.5. The van der Waals surface area contributed by atoms with E-state index < -0.39 is 12.0 Å². The molecule has 1 heterocycles. The molecule has 0 aliphatic carbocycles. The van der Waals surface area contributed by atoms with Crippen molar-refractivity contribution in [2.45, 2.75) is 45.4 Å². The third-order valence-corrected chi connectivity index (χ3v) is 4.22. The molecule has 1 saturated heterocycles. The Bertz CT molecular complexity index is 505. The van der Waals surface area contributed by atoms with Crippen LogP contribution < -0.4 is 5.73 Å². The number of ether oxygens (including phenoxy) is 3. The summed E-state index contributed by atoms with van der Waals surface area (Å²) in [5, 5.41) is 0. The van der Waals surface area contributed by atoms with Crippen LogP contribution in [-0.2, 0) is 25.4 Å². The fourth-order valence-electron chi connectivity index (χ4n) is 2.83. The molecule has 5 heteroatoms. The molecule has 1 aliphatic heterocycles. The Morgan fingerprint density at radius 2 is 1.96 bits per heavy atom. The van der Waals surface area contributed by atoms with Gasteiger partial charge in [0.05, 0.1) is 19.3 Å². The first-order valence-electron chi connectivity index (χ1n) is 8.66. The summed E-state index contributed by atoms with van der Waals surface area (Å²) in [4.78, 5) is 12.0. The first kappa shape index (κ1) is 18.9. The lowest BCUT2D eigenvalue weighted by Gasteiger charge is -2.31. The first-order valence-corrected chi connectivity index (χ1v) is 8.66. The third kappa shape index (κ3) is 5.58.